The quantitative estimate of drug-likeness (QED) is 0.629. The van der Waals surface area contributed by atoms with Gasteiger partial charge in [-0.1, -0.05) is 36.4 Å². The van der Waals surface area contributed by atoms with Gasteiger partial charge in [-0.05, 0) is 45.4 Å². The Bertz CT molecular complexity index is 1170. The van der Waals surface area contributed by atoms with Crippen molar-refractivity contribution in [3.63, 3.8) is 0 Å². The van der Waals surface area contributed by atoms with Gasteiger partial charge in [-0.15, -0.1) is 0 Å². The maximum absolute atomic E-state index is 13.1. The van der Waals surface area contributed by atoms with E-state index in [2.05, 4.69) is 0 Å². The second-order valence-corrected chi connectivity index (χ2v) is 8.96. The zero-order valence-electron chi connectivity index (χ0n) is 17.7. The molecule has 154 valence electrons. The van der Waals surface area contributed by atoms with Crippen LogP contribution in [-0.4, -0.2) is 22.5 Å². The van der Waals surface area contributed by atoms with Gasteiger partial charge in [0.05, 0.1) is 11.7 Å². The fourth-order valence-corrected chi connectivity index (χ4v) is 4.31. The topological polar surface area (TPSA) is 53.6 Å². The Morgan fingerprint density at radius 2 is 1.63 bits per heavy atom. The van der Waals surface area contributed by atoms with Crippen LogP contribution in [-0.2, 0) is 15.9 Å². The summed E-state index contributed by atoms with van der Waals surface area (Å²) < 4.78 is 22.8. The first kappa shape index (κ1) is 19.1. The minimum absolute atomic E-state index is 0.177. The van der Waals surface area contributed by atoms with Gasteiger partial charge in [0.15, 0.2) is 0 Å². The Kier molecular flexibility index (Phi) is 4.01. The van der Waals surface area contributed by atoms with E-state index in [-0.39, 0.29) is 5.56 Å². The fourth-order valence-electron chi connectivity index (χ4n) is 4.31. The highest BCUT2D eigenvalue weighted by Crippen LogP contribution is 2.41. The van der Waals surface area contributed by atoms with Crippen LogP contribution in [0.15, 0.2) is 71.7 Å². The summed E-state index contributed by atoms with van der Waals surface area (Å²) in [7, 11) is 0. The SMILES string of the molecule is CC1(C)O[B-]2(OC1(C)C)c1cc(OCc3ccccc3)cc(=O)n1-c1cccc[n+]12. The van der Waals surface area contributed by atoms with Crippen molar-refractivity contribution < 1.29 is 18.5 Å². The minimum Gasteiger partial charge on any atom is -0.516 e. The molecule has 0 bridgehead atoms. The van der Waals surface area contributed by atoms with Crippen LogP contribution in [0.1, 0.15) is 33.3 Å². The van der Waals surface area contributed by atoms with Crippen molar-refractivity contribution in [1.82, 2.24) is 4.57 Å². The van der Waals surface area contributed by atoms with Crippen LogP contribution in [0.25, 0.3) is 5.82 Å². The Balaban J connectivity index is 1.64. The first-order valence-corrected chi connectivity index (χ1v) is 10.2. The molecular weight excluding hydrogens is 379 g/mol. The van der Waals surface area contributed by atoms with Gasteiger partial charge < -0.3 is 18.5 Å². The van der Waals surface area contributed by atoms with Crippen LogP contribution in [0.3, 0.4) is 0 Å². The van der Waals surface area contributed by atoms with E-state index in [0.717, 1.165) is 11.4 Å². The van der Waals surface area contributed by atoms with Crippen molar-refractivity contribution in [2.45, 2.75) is 45.5 Å². The lowest BCUT2D eigenvalue weighted by atomic mass is 9.67. The summed E-state index contributed by atoms with van der Waals surface area (Å²) in [6, 6.07) is 19.0. The molecule has 1 fully saturated rings. The van der Waals surface area contributed by atoms with E-state index < -0.39 is 17.9 Å². The van der Waals surface area contributed by atoms with Gasteiger partial charge in [-0.2, -0.15) is 4.57 Å². The van der Waals surface area contributed by atoms with Gasteiger partial charge in [0.2, 0.25) is 5.82 Å². The van der Waals surface area contributed by atoms with Gasteiger partial charge in [0.25, 0.3) is 0 Å². The minimum atomic E-state index is -2.10. The van der Waals surface area contributed by atoms with Crippen LogP contribution in [0.4, 0.5) is 0 Å². The Hall–Kier alpha value is -2.90. The largest absolute Gasteiger partial charge is 0.521 e. The summed E-state index contributed by atoms with van der Waals surface area (Å²) in [6.07, 6.45) is 1.91. The van der Waals surface area contributed by atoms with Gasteiger partial charge in [-0.3, -0.25) is 0 Å². The predicted octanol–water partition coefficient (Wildman–Crippen LogP) is 2.32. The molecule has 30 heavy (non-hydrogen) atoms. The molecule has 0 amide bonds. The lowest BCUT2D eigenvalue weighted by molar-refractivity contribution is -0.560. The first-order valence-electron chi connectivity index (χ1n) is 10.2. The van der Waals surface area contributed by atoms with Crippen LogP contribution in [0.5, 0.6) is 5.75 Å². The van der Waals surface area contributed by atoms with Crippen LogP contribution in [0, 0.1) is 0 Å². The summed E-state index contributed by atoms with van der Waals surface area (Å²) in [4.78, 5) is 13.1. The van der Waals surface area contributed by atoms with Crippen molar-refractivity contribution in [3.05, 3.63) is 82.8 Å². The third-order valence-corrected chi connectivity index (χ3v) is 6.48. The summed E-state index contributed by atoms with van der Waals surface area (Å²) in [5.41, 5.74) is 0.407. The third-order valence-electron chi connectivity index (χ3n) is 6.48. The lowest BCUT2D eigenvalue weighted by Crippen LogP contribution is -2.71. The molecule has 0 radical (unpaired) electrons. The number of pyridine rings is 2. The van der Waals surface area contributed by atoms with Crippen molar-refractivity contribution in [2.75, 3.05) is 0 Å². The first-order chi connectivity index (χ1) is 14.2. The molecular formula is C23H25BN2O4. The smallest absolute Gasteiger partial charge is 0.516 e. The molecule has 2 aromatic heterocycles. The number of rotatable bonds is 3. The molecule has 1 aromatic carbocycles. The van der Waals surface area contributed by atoms with Crippen molar-refractivity contribution >= 4 is 12.3 Å². The zero-order valence-corrected chi connectivity index (χ0v) is 17.7. The predicted molar refractivity (Wildman–Crippen MR) is 114 cm³/mol. The Morgan fingerprint density at radius 3 is 2.33 bits per heavy atom. The molecule has 7 heteroatoms. The monoisotopic (exact) mass is 404 g/mol. The zero-order chi connectivity index (χ0) is 21.1. The van der Waals surface area contributed by atoms with E-state index in [1.807, 2.05) is 93.0 Å². The number of aromatic nitrogens is 2. The number of fused-ring (bicyclic) bond motifs is 5. The van der Waals surface area contributed by atoms with E-state index in [0.29, 0.717) is 17.9 Å². The van der Waals surface area contributed by atoms with E-state index >= 15 is 0 Å². The van der Waals surface area contributed by atoms with Gasteiger partial charge >= 0.3 is 12.2 Å². The van der Waals surface area contributed by atoms with Crippen molar-refractivity contribution in [3.8, 4) is 11.6 Å². The maximum atomic E-state index is 13.1. The van der Waals surface area contributed by atoms with Crippen molar-refractivity contribution in [1.29, 1.82) is 0 Å². The molecule has 2 aliphatic heterocycles. The fraction of sp³-hybridized carbons (Fsp3) is 0.304. The van der Waals surface area contributed by atoms with Crippen LogP contribution in [0.2, 0.25) is 0 Å². The maximum Gasteiger partial charge on any atom is 0.521 e. The summed E-state index contributed by atoms with van der Waals surface area (Å²) in [5.74, 6) is 1.22. The summed E-state index contributed by atoms with van der Waals surface area (Å²) in [5, 5.41) is 0. The van der Waals surface area contributed by atoms with Crippen LogP contribution < -0.4 is 20.4 Å². The molecule has 0 atom stereocenters. The second kappa shape index (κ2) is 6.30. The van der Waals surface area contributed by atoms with Crippen molar-refractivity contribution in [2.24, 2.45) is 0 Å². The Labute approximate surface area is 175 Å². The van der Waals surface area contributed by atoms with E-state index in [9.17, 15) is 4.79 Å². The summed E-state index contributed by atoms with van der Waals surface area (Å²) >= 11 is 0. The molecule has 2 aliphatic rings. The highest BCUT2D eigenvalue weighted by Gasteiger charge is 2.63. The molecule has 0 saturated carbocycles. The highest BCUT2D eigenvalue weighted by atomic mass is 16.7. The molecule has 4 heterocycles. The number of hydrogen-bond donors (Lipinski definition) is 0. The molecule has 0 unspecified atom stereocenters. The molecule has 0 N–H and O–H groups in total. The van der Waals surface area contributed by atoms with Crippen LogP contribution >= 0.6 is 0 Å². The number of hydrogen-bond acceptors (Lipinski definition) is 4. The third kappa shape index (κ3) is 2.66. The van der Waals surface area contributed by atoms with E-state index in [1.165, 1.54) is 6.07 Å². The highest BCUT2D eigenvalue weighted by molar-refractivity contribution is 6.74. The normalized spacial score (nSPS) is 19.5. The van der Waals surface area contributed by atoms with Gasteiger partial charge in [0.1, 0.15) is 12.4 Å². The standard InChI is InChI=1S/C23H25BN2O4/c1-22(2)23(3,4)30-24(29-22)19-14-18(28-16-17-10-6-5-7-11-17)15-21(27)26(19)20-12-8-9-13-25(20)24/h5-15H,16H2,1-4H3. The van der Waals surface area contributed by atoms with E-state index in [4.69, 9.17) is 14.0 Å². The number of benzene rings is 1. The molecule has 0 aliphatic carbocycles. The molecule has 3 aromatic rings. The molecule has 1 saturated heterocycles. The second-order valence-electron chi connectivity index (χ2n) is 8.96. The lowest BCUT2D eigenvalue weighted by Gasteiger charge is -2.36. The van der Waals surface area contributed by atoms with Gasteiger partial charge in [-0.25, -0.2) is 4.79 Å². The van der Waals surface area contributed by atoms with E-state index in [1.54, 1.807) is 4.57 Å². The molecule has 5 rings (SSSR count). The number of ether oxygens (including phenoxy) is 1. The number of nitrogens with zero attached hydrogens (tertiary/aromatic N) is 2. The van der Waals surface area contributed by atoms with Gasteiger partial charge in [0, 0.05) is 23.5 Å². The summed E-state index contributed by atoms with van der Waals surface area (Å²) in [6.45, 7) is 6.34. The molecule has 1 spiro atoms. The molecule has 6 nitrogen and oxygen atoms in total. The average Bonchev–Trinajstić information content (AvgIpc) is 3.08. The Morgan fingerprint density at radius 1 is 0.967 bits per heavy atom. The average molecular weight is 404 g/mol.